The first kappa shape index (κ1) is 22.4. The number of aliphatic hydroxyl groups excluding tert-OH is 1. The average Bonchev–Trinajstić information content (AvgIpc) is 2.71. The van der Waals surface area contributed by atoms with Crippen LogP contribution < -0.4 is 10.6 Å². The number of nitrogens with zero attached hydrogens (tertiary/aromatic N) is 1. The lowest BCUT2D eigenvalue weighted by Crippen LogP contribution is -2.37. The van der Waals surface area contributed by atoms with Crippen LogP contribution in [0.25, 0.3) is 11.1 Å². The van der Waals surface area contributed by atoms with Gasteiger partial charge in [0.05, 0.1) is 5.60 Å². The Hall–Kier alpha value is -3.26. The standard InChI is InChI=1S/C24H27N3O4/c1-24(2,3)31-23(30)26-15-18-8-7-17(22(29)27-19-9-11-25-12-10-19)14-21(18)16-5-4-6-20(28)13-16/h4-14,23,26,28,30H,15H2,1-3H3,(H,25,27,29). The monoisotopic (exact) mass is 421 g/mol. The number of aromatic nitrogens is 1. The molecule has 0 saturated carbocycles. The Labute approximate surface area is 181 Å². The lowest BCUT2D eigenvalue weighted by atomic mass is 9.96. The van der Waals surface area contributed by atoms with Gasteiger partial charge in [-0.25, -0.2) is 0 Å². The summed E-state index contributed by atoms with van der Waals surface area (Å²) in [5, 5.41) is 25.8. The topological polar surface area (TPSA) is 104 Å². The smallest absolute Gasteiger partial charge is 0.255 e. The van der Waals surface area contributed by atoms with Gasteiger partial charge in [-0.3, -0.25) is 15.1 Å². The molecule has 4 N–H and O–H groups in total. The highest BCUT2D eigenvalue weighted by Gasteiger charge is 2.17. The third kappa shape index (κ3) is 6.62. The molecular weight excluding hydrogens is 394 g/mol. The van der Waals surface area contributed by atoms with Crippen molar-refractivity contribution in [2.75, 3.05) is 5.32 Å². The summed E-state index contributed by atoms with van der Waals surface area (Å²) in [4.78, 5) is 16.7. The molecule has 3 rings (SSSR count). The van der Waals surface area contributed by atoms with Gasteiger partial charge in [0.15, 0.2) is 0 Å². The van der Waals surface area contributed by atoms with Crippen molar-refractivity contribution in [2.45, 2.75) is 39.3 Å². The Morgan fingerprint density at radius 2 is 1.84 bits per heavy atom. The first-order valence-electron chi connectivity index (χ1n) is 9.94. The van der Waals surface area contributed by atoms with E-state index in [1.807, 2.05) is 32.9 Å². The molecule has 1 unspecified atom stereocenters. The highest BCUT2D eigenvalue weighted by molar-refractivity contribution is 6.05. The summed E-state index contributed by atoms with van der Waals surface area (Å²) in [7, 11) is 0. The van der Waals surface area contributed by atoms with Crippen LogP contribution in [-0.2, 0) is 11.3 Å². The van der Waals surface area contributed by atoms with Crippen molar-refractivity contribution < 1.29 is 19.7 Å². The van der Waals surface area contributed by atoms with Crippen LogP contribution in [0.2, 0.25) is 0 Å². The summed E-state index contributed by atoms with van der Waals surface area (Å²) in [6, 6.07) is 15.5. The second-order valence-electron chi connectivity index (χ2n) is 8.08. The zero-order valence-electron chi connectivity index (χ0n) is 17.8. The van der Waals surface area contributed by atoms with E-state index >= 15 is 0 Å². The summed E-state index contributed by atoms with van der Waals surface area (Å²) >= 11 is 0. The Morgan fingerprint density at radius 3 is 2.52 bits per heavy atom. The molecule has 1 amide bonds. The predicted molar refractivity (Wildman–Crippen MR) is 119 cm³/mol. The van der Waals surface area contributed by atoms with E-state index in [1.54, 1.807) is 54.9 Å². The van der Waals surface area contributed by atoms with Gasteiger partial charge in [0, 0.05) is 30.2 Å². The Morgan fingerprint density at radius 1 is 1.10 bits per heavy atom. The fourth-order valence-corrected chi connectivity index (χ4v) is 3.03. The molecule has 0 aliphatic heterocycles. The molecule has 0 spiro atoms. The second kappa shape index (κ2) is 9.70. The lowest BCUT2D eigenvalue weighted by Gasteiger charge is -2.25. The van der Waals surface area contributed by atoms with Crippen molar-refractivity contribution in [3.63, 3.8) is 0 Å². The third-order valence-corrected chi connectivity index (χ3v) is 4.40. The van der Waals surface area contributed by atoms with Crippen molar-refractivity contribution in [2.24, 2.45) is 0 Å². The van der Waals surface area contributed by atoms with Crippen molar-refractivity contribution in [3.8, 4) is 16.9 Å². The van der Waals surface area contributed by atoms with Gasteiger partial charge in [-0.2, -0.15) is 0 Å². The van der Waals surface area contributed by atoms with Crippen LogP contribution >= 0.6 is 0 Å². The number of aliphatic hydroxyl groups is 1. The lowest BCUT2D eigenvalue weighted by molar-refractivity contribution is -0.182. The molecule has 2 aromatic carbocycles. The Balaban J connectivity index is 1.87. The molecule has 1 aromatic heterocycles. The van der Waals surface area contributed by atoms with Crippen LogP contribution in [0.5, 0.6) is 5.75 Å². The van der Waals surface area contributed by atoms with Crippen LogP contribution in [-0.4, -0.2) is 33.1 Å². The van der Waals surface area contributed by atoms with Gasteiger partial charge in [-0.15, -0.1) is 0 Å². The number of aromatic hydroxyl groups is 1. The molecule has 0 saturated heterocycles. The van der Waals surface area contributed by atoms with Crippen molar-refractivity contribution in [3.05, 3.63) is 78.1 Å². The number of carbonyl (C=O) groups excluding carboxylic acids is 1. The van der Waals surface area contributed by atoms with E-state index in [2.05, 4.69) is 15.6 Å². The van der Waals surface area contributed by atoms with Gasteiger partial charge in [0.2, 0.25) is 6.41 Å². The minimum atomic E-state index is -1.15. The first-order valence-corrected chi connectivity index (χ1v) is 9.94. The van der Waals surface area contributed by atoms with Gasteiger partial charge < -0.3 is 20.3 Å². The third-order valence-electron chi connectivity index (χ3n) is 4.40. The van der Waals surface area contributed by atoms with Gasteiger partial charge in [-0.1, -0.05) is 18.2 Å². The van der Waals surface area contributed by atoms with Crippen molar-refractivity contribution in [1.29, 1.82) is 0 Å². The number of phenols is 1. The molecule has 7 heteroatoms. The molecule has 7 nitrogen and oxygen atoms in total. The number of nitrogens with one attached hydrogen (secondary N) is 2. The second-order valence-corrected chi connectivity index (χ2v) is 8.08. The summed E-state index contributed by atoms with van der Waals surface area (Å²) in [5.74, 6) is -0.137. The molecule has 3 aromatic rings. The number of pyridine rings is 1. The van der Waals surface area contributed by atoms with Crippen LogP contribution in [0.15, 0.2) is 67.0 Å². The highest BCUT2D eigenvalue weighted by Crippen LogP contribution is 2.28. The minimum Gasteiger partial charge on any atom is -0.508 e. The fourth-order valence-electron chi connectivity index (χ4n) is 3.03. The van der Waals surface area contributed by atoms with Crippen LogP contribution in [0.1, 0.15) is 36.7 Å². The number of ether oxygens (including phenoxy) is 1. The number of amides is 1. The summed E-state index contributed by atoms with van der Waals surface area (Å²) in [6.07, 6.45) is 2.06. The average molecular weight is 421 g/mol. The minimum absolute atomic E-state index is 0.124. The molecule has 162 valence electrons. The normalized spacial score (nSPS) is 12.4. The number of benzene rings is 2. The molecule has 0 bridgehead atoms. The quantitative estimate of drug-likeness (QED) is 0.432. The molecule has 1 heterocycles. The SMILES string of the molecule is CC(C)(C)OC(O)NCc1ccc(C(=O)Nc2ccncc2)cc1-c1cccc(O)c1. The van der Waals surface area contributed by atoms with Gasteiger partial charge in [0.1, 0.15) is 5.75 Å². The van der Waals surface area contributed by atoms with E-state index in [0.717, 1.165) is 16.7 Å². The number of hydrogen-bond acceptors (Lipinski definition) is 6. The van der Waals surface area contributed by atoms with Gasteiger partial charge >= 0.3 is 0 Å². The van der Waals surface area contributed by atoms with E-state index < -0.39 is 12.0 Å². The molecule has 0 fully saturated rings. The zero-order valence-corrected chi connectivity index (χ0v) is 17.8. The first-order chi connectivity index (χ1) is 14.7. The summed E-state index contributed by atoms with van der Waals surface area (Å²) in [5.41, 5.74) is 2.95. The van der Waals surface area contributed by atoms with E-state index in [4.69, 9.17) is 4.74 Å². The number of phenolic OH excluding ortho intramolecular Hbond substituents is 1. The van der Waals surface area contributed by atoms with Crippen LogP contribution in [0.4, 0.5) is 5.69 Å². The number of carbonyl (C=O) groups is 1. The Bertz CT molecular complexity index is 1030. The van der Waals surface area contributed by atoms with Crippen molar-refractivity contribution >= 4 is 11.6 Å². The van der Waals surface area contributed by atoms with E-state index in [0.29, 0.717) is 17.8 Å². The van der Waals surface area contributed by atoms with E-state index in [9.17, 15) is 15.0 Å². The number of rotatable bonds is 7. The van der Waals surface area contributed by atoms with Crippen LogP contribution in [0.3, 0.4) is 0 Å². The van der Waals surface area contributed by atoms with E-state index in [-0.39, 0.29) is 11.7 Å². The molecule has 0 radical (unpaired) electrons. The number of anilines is 1. The number of hydrogen-bond donors (Lipinski definition) is 4. The molecule has 0 aliphatic rings. The van der Waals surface area contributed by atoms with Gasteiger partial charge in [-0.05, 0) is 73.9 Å². The molecule has 31 heavy (non-hydrogen) atoms. The van der Waals surface area contributed by atoms with E-state index in [1.165, 1.54) is 0 Å². The van der Waals surface area contributed by atoms with Crippen LogP contribution in [0, 0.1) is 0 Å². The zero-order chi connectivity index (χ0) is 22.4. The maximum atomic E-state index is 12.7. The largest absolute Gasteiger partial charge is 0.508 e. The molecule has 0 aliphatic carbocycles. The maximum absolute atomic E-state index is 12.7. The van der Waals surface area contributed by atoms with Gasteiger partial charge in [0.25, 0.3) is 5.91 Å². The fraction of sp³-hybridized carbons (Fsp3) is 0.250. The summed E-state index contributed by atoms with van der Waals surface area (Å²) in [6.45, 7) is 5.86. The Kier molecular flexibility index (Phi) is 7.02. The predicted octanol–water partition coefficient (Wildman–Crippen LogP) is 3.89. The molecular formula is C24H27N3O4. The maximum Gasteiger partial charge on any atom is 0.255 e. The van der Waals surface area contributed by atoms with Crippen molar-refractivity contribution in [1.82, 2.24) is 10.3 Å². The summed E-state index contributed by atoms with van der Waals surface area (Å²) < 4.78 is 5.49. The highest BCUT2D eigenvalue weighted by atomic mass is 16.6. The molecule has 1 atom stereocenters.